The standard InChI is InChI=1S/C14H19NO2/c1-4-10-14(3,13(16)17-5-2)11-6-8-12(15)9-7-11/h4,6-9H,1,5,10,15H2,2-3H3. The number of benzene rings is 1. The molecule has 1 rings (SSSR count). The first-order chi connectivity index (χ1) is 8.04. The number of esters is 1. The summed E-state index contributed by atoms with van der Waals surface area (Å²) < 4.78 is 5.13. The highest BCUT2D eigenvalue weighted by Crippen LogP contribution is 2.30. The summed E-state index contributed by atoms with van der Waals surface area (Å²) in [5.74, 6) is -0.232. The second-order valence-corrected chi connectivity index (χ2v) is 4.17. The van der Waals surface area contributed by atoms with Crippen LogP contribution in [0.1, 0.15) is 25.8 Å². The van der Waals surface area contributed by atoms with Crippen LogP contribution in [0.2, 0.25) is 0 Å². The molecule has 0 spiro atoms. The van der Waals surface area contributed by atoms with E-state index in [0.717, 1.165) is 5.56 Å². The lowest BCUT2D eigenvalue weighted by Crippen LogP contribution is -2.34. The molecule has 0 amide bonds. The number of ether oxygens (including phenoxy) is 1. The van der Waals surface area contributed by atoms with Crippen LogP contribution < -0.4 is 5.73 Å². The maximum absolute atomic E-state index is 12.0. The molecule has 3 heteroatoms. The first-order valence-corrected chi connectivity index (χ1v) is 5.68. The molecular formula is C14H19NO2. The van der Waals surface area contributed by atoms with Gasteiger partial charge < -0.3 is 10.5 Å². The van der Waals surface area contributed by atoms with Gasteiger partial charge in [0.15, 0.2) is 0 Å². The largest absolute Gasteiger partial charge is 0.465 e. The number of anilines is 1. The highest BCUT2D eigenvalue weighted by Gasteiger charge is 2.35. The third-order valence-corrected chi connectivity index (χ3v) is 2.83. The van der Waals surface area contributed by atoms with Crippen LogP contribution in [0.5, 0.6) is 0 Å². The van der Waals surface area contributed by atoms with Crippen LogP contribution in [0.4, 0.5) is 5.69 Å². The minimum atomic E-state index is -0.689. The van der Waals surface area contributed by atoms with Crippen molar-refractivity contribution in [3.8, 4) is 0 Å². The number of carbonyl (C=O) groups excluding carboxylic acids is 1. The van der Waals surface area contributed by atoms with Gasteiger partial charge in [-0.2, -0.15) is 0 Å². The Morgan fingerprint density at radius 1 is 1.47 bits per heavy atom. The molecule has 17 heavy (non-hydrogen) atoms. The first-order valence-electron chi connectivity index (χ1n) is 5.68. The van der Waals surface area contributed by atoms with Gasteiger partial charge in [0, 0.05) is 5.69 Å². The Morgan fingerprint density at radius 2 is 2.06 bits per heavy atom. The summed E-state index contributed by atoms with van der Waals surface area (Å²) in [6.07, 6.45) is 2.27. The van der Waals surface area contributed by atoms with E-state index in [0.29, 0.717) is 18.7 Å². The van der Waals surface area contributed by atoms with E-state index in [1.807, 2.05) is 19.1 Å². The SMILES string of the molecule is C=CCC(C)(C(=O)OCC)c1ccc(N)cc1. The molecule has 0 aliphatic carbocycles. The zero-order chi connectivity index (χ0) is 12.9. The maximum atomic E-state index is 12.0. The van der Waals surface area contributed by atoms with Gasteiger partial charge in [-0.25, -0.2) is 0 Å². The lowest BCUT2D eigenvalue weighted by Gasteiger charge is -2.26. The van der Waals surface area contributed by atoms with E-state index in [4.69, 9.17) is 10.5 Å². The highest BCUT2D eigenvalue weighted by molar-refractivity contribution is 5.83. The molecule has 0 bridgehead atoms. The van der Waals surface area contributed by atoms with E-state index in [1.165, 1.54) is 0 Å². The molecule has 0 radical (unpaired) electrons. The van der Waals surface area contributed by atoms with Crippen molar-refractivity contribution >= 4 is 11.7 Å². The smallest absolute Gasteiger partial charge is 0.316 e. The van der Waals surface area contributed by atoms with Crippen molar-refractivity contribution in [3.63, 3.8) is 0 Å². The Balaban J connectivity index is 3.10. The van der Waals surface area contributed by atoms with Crippen molar-refractivity contribution in [2.75, 3.05) is 12.3 Å². The fourth-order valence-corrected chi connectivity index (χ4v) is 1.75. The lowest BCUT2D eigenvalue weighted by molar-refractivity contribution is -0.149. The summed E-state index contributed by atoms with van der Waals surface area (Å²) in [4.78, 5) is 12.0. The number of hydrogen-bond donors (Lipinski definition) is 1. The average Bonchev–Trinajstić information content (AvgIpc) is 2.30. The minimum absolute atomic E-state index is 0.232. The van der Waals surface area contributed by atoms with Crippen LogP contribution in [0.25, 0.3) is 0 Å². The van der Waals surface area contributed by atoms with E-state index in [-0.39, 0.29) is 5.97 Å². The summed E-state index contributed by atoms with van der Waals surface area (Å²) >= 11 is 0. The third kappa shape index (κ3) is 2.87. The molecule has 1 aromatic carbocycles. The molecular weight excluding hydrogens is 214 g/mol. The van der Waals surface area contributed by atoms with Crippen molar-refractivity contribution in [1.29, 1.82) is 0 Å². The number of carbonyl (C=O) groups is 1. The molecule has 1 unspecified atom stereocenters. The van der Waals surface area contributed by atoms with Crippen molar-refractivity contribution in [1.82, 2.24) is 0 Å². The predicted molar refractivity (Wildman–Crippen MR) is 69.7 cm³/mol. The van der Waals surface area contributed by atoms with Gasteiger partial charge in [0.25, 0.3) is 0 Å². The van der Waals surface area contributed by atoms with E-state index in [1.54, 1.807) is 25.1 Å². The number of allylic oxidation sites excluding steroid dienone is 1. The fraction of sp³-hybridized carbons (Fsp3) is 0.357. The molecule has 0 aliphatic heterocycles. The van der Waals surface area contributed by atoms with Gasteiger partial charge in [0.1, 0.15) is 0 Å². The normalized spacial score (nSPS) is 13.8. The topological polar surface area (TPSA) is 52.3 Å². The van der Waals surface area contributed by atoms with Gasteiger partial charge in [0.2, 0.25) is 0 Å². The van der Waals surface area contributed by atoms with Gasteiger partial charge in [-0.15, -0.1) is 6.58 Å². The van der Waals surface area contributed by atoms with Crippen molar-refractivity contribution in [2.24, 2.45) is 0 Å². The molecule has 3 nitrogen and oxygen atoms in total. The zero-order valence-corrected chi connectivity index (χ0v) is 10.4. The van der Waals surface area contributed by atoms with E-state index in [2.05, 4.69) is 6.58 Å². The maximum Gasteiger partial charge on any atom is 0.316 e. The van der Waals surface area contributed by atoms with E-state index < -0.39 is 5.41 Å². The van der Waals surface area contributed by atoms with Gasteiger partial charge in [-0.05, 0) is 38.0 Å². The number of rotatable bonds is 5. The second-order valence-electron chi connectivity index (χ2n) is 4.17. The molecule has 1 aromatic rings. The van der Waals surface area contributed by atoms with Crippen LogP contribution in [-0.4, -0.2) is 12.6 Å². The summed E-state index contributed by atoms with van der Waals surface area (Å²) in [7, 11) is 0. The molecule has 0 saturated carbocycles. The van der Waals surface area contributed by atoms with Crippen molar-refractivity contribution in [3.05, 3.63) is 42.5 Å². The summed E-state index contributed by atoms with van der Waals surface area (Å²) in [5.41, 5.74) is 6.53. The third-order valence-electron chi connectivity index (χ3n) is 2.83. The Kier molecular flexibility index (Phi) is 4.32. The Labute approximate surface area is 102 Å². The minimum Gasteiger partial charge on any atom is -0.465 e. The number of hydrogen-bond acceptors (Lipinski definition) is 3. The van der Waals surface area contributed by atoms with Gasteiger partial charge in [-0.1, -0.05) is 18.2 Å². The van der Waals surface area contributed by atoms with Gasteiger partial charge in [0.05, 0.1) is 12.0 Å². The molecule has 2 N–H and O–H groups in total. The van der Waals surface area contributed by atoms with Crippen LogP contribution in [0.15, 0.2) is 36.9 Å². The number of nitrogens with two attached hydrogens (primary N) is 1. The van der Waals surface area contributed by atoms with E-state index >= 15 is 0 Å². The average molecular weight is 233 g/mol. The molecule has 1 atom stereocenters. The Bertz CT molecular complexity index is 397. The van der Waals surface area contributed by atoms with Gasteiger partial charge in [-0.3, -0.25) is 4.79 Å². The molecule has 0 saturated heterocycles. The number of nitrogen functional groups attached to an aromatic ring is 1. The molecule has 0 aliphatic rings. The van der Waals surface area contributed by atoms with Crippen LogP contribution in [-0.2, 0) is 14.9 Å². The zero-order valence-electron chi connectivity index (χ0n) is 10.4. The van der Waals surface area contributed by atoms with Crippen LogP contribution in [0.3, 0.4) is 0 Å². The molecule has 92 valence electrons. The Morgan fingerprint density at radius 3 is 2.53 bits per heavy atom. The Hall–Kier alpha value is -1.77. The first kappa shape index (κ1) is 13.3. The summed E-state index contributed by atoms with van der Waals surface area (Å²) in [5, 5.41) is 0. The molecule has 0 heterocycles. The summed E-state index contributed by atoms with van der Waals surface area (Å²) in [6, 6.07) is 7.29. The lowest BCUT2D eigenvalue weighted by atomic mass is 9.79. The predicted octanol–water partition coefficient (Wildman–Crippen LogP) is 2.67. The van der Waals surface area contributed by atoms with Crippen molar-refractivity contribution < 1.29 is 9.53 Å². The monoisotopic (exact) mass is 233 g/mol. The fourth-order valence-electron chi connectivity index (χ4n) is 1.75. The van der Waals surface area contributed by atoms with Crippen LogP contribution in [0, 0.1) is 0 Å². The van der Waals surface area contributed by atoms with Crippen molar-refractivity contribution in [2.45, 2.75) is 25.7 Å². The molecule has 0 fully saturated rings. The molecule has 0 aromatic heterocycles. The summed E-state index contributed by atoms with van der Waals surface area (Å²) in [6.45, 7) is 7.73. The highest BCUT2D eigenvalue weighted by atomic mass is 16.5. The quantitative estimate of drug-likeness (QED) is 0.483. The van der Waals surface area contributed by atoms with Crippen LogP contribution >= 0.6 is 0 Å². The van der Waals surface area contributed by atoms with Gasteiger partial charge >= 0.3 is 5.97 Å². The van der Waals surface area contributed by atoms with E-state index in [9.17, 15) is 4.79 Å². The second kappa shape index (κ2) is 5.53.